The SMILES string of the molecule is CCc1nc(COc2c(F)cc(C=O)cc2F)cs1. The average molecular weight is 283 g/mol. The van der Waals surface area contributed by atoms with E-state index >= 15 is 0 Å². The van der Waals surface area contributed by atoms with Gasteiger partial charge < -0.3 is 4.74 Å². The second kappa shape index (κ2) is 5.88. The van der Waals surface area contributed by atoms with E-state index in [1.54, 1.807) is 5.38 Å². The van der Waals surface area contributed by atoms with Gasteiger partial charge in [-0.15, -0.1) is 11.3 Å². The van der Waals surface area contributed by atoms with Crippen molar-refractivity contribution >= 4 is 17.6 Å². The highest BCUT2D eigenvalue weighted by atomic mass is 32.1. The molecule has 19 heavy (non-hydrogen) atoms. The Morgan fingerprint density at radius 2 is 2.05 bits per heavy atom. The molecule has 0 aliphatic heterocycles. The number of benzene rings is 1. The summed E-state index contributed by atoms with van der Waals surface area (Å²) in [6, 6.07) is 1.87. The highest BCUT2D eigenvalue weighted by Crippen LogP contribution is 2.24. The summed E-state index contributed by atoms with van der Waals surface area (Å²) < 4.78 is 32.1. The number of aromatic nitrogens is 1. The third-order valence-corrected chi connectivity index (χ3v) is 3.46. The van der Waals surface area contributed by atoms with Crippen molar-refractivity contribution in [1.82, 2.24) is 4.98 Å². The second-order valence-corrected chi connectivity index (χ2v) is 4.75. The van der Waals surface area contributed by atoms with Crippen molar-refractivity contribution in [3.05, 3.63) is 45.4 Å². The molecule has 3 nitrogen and oxygen atoms in total. The predicted molar refractivity (Wildman–Crippen MR) is 67.6 cm³/mol. The molecule has 0 saturated carbocycles. The van der Waals surface area contributed by atoms with Crippen LogP contribution in [0.3, 0.4) is 0 Å². The molecule has 0 spiro atoms. The molecule has 0 radical (unpaired) electrons. The van der Waals surface area contributed by atoms with Gasteiger partial charge in [0.2, 0.25) is 0 Å². The molecule has 0 unspecified atom stereocenters. The molecule has 0 atom stereocenters. The van der Waals surface area contributed by atoms with Crippen molar-refractivity contribution < 1.29 is 18.3 Å². The van der Waals surface area contributed by atoms with Crippen molar-refractivity contribution in [2.24, 2.45) is 0 Å². The maximum Gasteiger partial charge on any atom is 0.191 e. The Bertz CT molecular complexity index is 575. The number of carbonyl (C=O) groups excluding carboxylic acids is 1. The van der Waals surface area contributed by atoms with E-state index in [0.717, 1.165) is 23.6 Å². The Hall–Kier alpha value is -1.82. The zero-order valence-corrected chi connectivity index (χ0v) is 11.0. The Balaban J connectivity index is 2.13. The van der Waals surface area contributed by atoms with E-state index in [0.29, 0.717) is 12.0 Å². The van der Waals surface area contributed by atoms with E-state index in [2.05, 4.69) is 4.98 Å². The summed E-state index contributed by atoms with van der Waals surface area (Å²) in [4.78, 5) is 14.7. The minimum atomic E-state index is -0.895. The van der Waals surface area contributed by atoms with E-state index in [1.807, 2.05) is 6.92 Å². The smallest absolute Gasteiger partial charge is 0.191 e. The molecule has 100 valence electrons. The lowest BCUT2D eigenvalue weighted by Crippen LogP contribution is -2.01. The Morgan fingerprint density at radius 1 is 1.37 bits per heavy atom. The molecule has 0 N–H and O–H groups in total. The topological polar surface area (TPSA) is 39.2 Å². The molecule has 0 aliphatic carbocycles. The molecule has 0 fully saturated rings. The van der Waals surface area contributed by atoms with Gasteiger partial charge in [-0.3, -0.25) is 4.79 Å². The number of rotatable bonds is 5. The summed E-state index contributed by atoms with van der Waals surface area (Å²) in [5, 5.41) is 2.73. The predicted octanol–water partition coefficient (Wildman–Crippen LogP) is 3.38. The summed E-state index contributed by atoms with van der Waals surface area (Å²) in [5.41, 5.74) is 0.560. The van der Waals surface area contributed by atoms with Crippen LogP contribution in [0.2, 0.25) is 0 Å². The van der Waals surface area contributed by atoms with Crippen LogP contribution >= 0.6 is 11.3 Å². The van der Waals surface area contributed by atoms with Crippen LogP contribution in [-0.4, -0.2) is 11.3 Å². The van der Waals surface area contributed by atoms with E-state index in [1.165, 1.54) is 11.3 Å². The van der Waals surface area contributed by atoms with Gasteiger partial charge in [-0.2, -0.15) is 0 Å². The van der Waals surface area contributed by atoms with Crippen LogP contribution in [-0.2, 0) is 13.0 Å². The monoisotopic (exact) mass is 283 g/mol. The van der Waals surface area contributed by atoms with Gasteiger partial charge >= 0.3 is 0 Å². The summed E-state index contributed by atoms with van der Waals surface area (Å²) in [6.45, 7) is 1.96. The maximum atomic E-state index is 13.5. The lowest BCUT2D eigenvalue weighted by molar-refractivity contribution is 0.112. The minimum Gasteiger partial charge on any atom is -0.481 e. The number of halogens is 2. The summed E-state index contributed by atoms with van der Waals surface area (Å²) >= 11 is 1.47. The molecule has 1 heterocycles. The van der Waals surface area contributed by atoms with Crippen molar-refractivity contribution in [3.8, 4) is 5.75 Å². The molecule has 0 bridgehead atoms. The molecule has 0 aliphatic rings. The Labute approximate surface area is 112 Å². The van der Waals surface area contributed by atoms with Crippen molar-refractivity contribution in [2.75, 3.05) is 0 Å². The standard InChI is InChI=1S/C13H11F2NO2S/c1-2-12-16-9(7-19-12)6-18-13-10(14)3-8(5-17)4-11(13)15/h3-5,7H,2,6H2,1H3. The van der Waals surface area contributed by atoms with Crippen molar-refractivity contribution in [3.63, 3.8) is 0 Å². The fourth-order valence-electron chi connectivity index (χ4n) is 1.51. The first-order chi connectivity index (χ1) is 9.13. The van der Waals surface area contributed by atoms with E-state index in [4.69, 9.17) is 4.74 Å². The molecule has 1 aromatic heterocycles. The molecule has 0 amide bonds. The lowest BCUT2D eigenvalue weighted by Gasteiger charge is -2.07. The Morgan fingerprint density at radius 3 is 2.58 bits per heavy atom. The quantitative estimate of drug-likeness (QED) is 0.790. The maximum absolute atomic E-state index is 13.5. The van der Waals surface area contributed by atoms with Crippen LogP contribution in [0.4, 0.5) is 8.78 Å². The fourth-order valence-corrected chi connectivity index (χ4v) is 2.24. The third-order valence-electron chi connectivity index (χ3n) is 2.42. The largest absolute Gasteiger partial charge is 0.481 e. The molecule has 2 rings (SSSR count). The summed E-state index contributed by atoms with van der Waals surface area (Å²) in [7, 11) is 0. The van der Waals surface area contributed by atoms with Gasteiger partial charge in [-0.05, 0) is 18.6 Å². The highest BCUT2D eigenvalue weighted by Gasteiger charge is 2.13. The van der Waals surface area contributed by atoms with Crippen LogP contribution in [0.1, 0.15) is 28.0 Å². The van der Waals surface area contributed by atoms with Gasteiger partial charge in [0.25, 0.3) is 0 Å². The van der Waals surface area contributed by atoms with Crippen LogP contribution in [0.25, 0.3) is 0 Å². The van der Waals surface area contributed by atoms with Crippen LogP contribution < -0.4 is 4.74 Å². The molecule has 0 saturated heterocycles. The van der Waals surface area contributed by atoms with E-state index in [-0.39, 0.29) is 12.2 Å². The number of thiazole rings is 1. The Kier molecular flexibility index (Phi) is 4.21. The number of aryl methyl sites for hydroxylation is 1. The molecule has 6 heteroatoms. The van der Waals surface area contributed by atoms with E-state index in [9.17, 15) is 13.6 Å². The zero-order chi connectivity index (χ0) is 13.8. The van der Waals surface area contributed by atoms with Crippen LogP contribution in [0, 0.1) is 11.6 Å². The van der Waals surface area contributed by atoms with Gasteiger partial charge in [-0.1, -0.05) is 6.92 Å². The number of hydrogen-bond donors (Lipinski definition) is 0. The number of hydrogen-bond acceptors (Lipinski definition) is 4. The van der Waals surface area contributed by atoms with E-state index < -0.39 is 17.4 Å². The zero-order valence-electron chi connectivity index (χ0n) is 10.2. The first-order valence-corrected chi connectivity index (χ1v) is 6.52. The van der Waals surface area contributed by atoms with Crippen molar-refractivity contribution in [1.29, 1.82) is 0 Å². The molecular weight excluding hydrogens is 272 g/mol. The van der Waals surface area contributed by atoms with Gasteiger partial charge in [0.05, 0.1) is 10.7 Å². The van der Waals surface area contributed by atoms with Gasteiger partial charge in [0.15, 0.2) is 17.4 Å². The van der Waals surface area contributed by atoms with Gasteiger partial charge in [-0.25, -0.2) is 13.8 Å². The first kappa shape index (κ1) is 13.6. The number of aldehydes is 1. The summed E-state index contributed by atoms with van der Waals surface area (Å²) in [5.74, 6) is -2.28. The fraction of sp³-hybridized carbons (Fsp3) is 0.231. The highest BCUT2D eigenvalue weighted by molar-refractivity contribution is 7.09. The number of carbonyl (C=O) groups is 1. The van der Waals surface area contributed by atoms with Crippen LogP contribution in [0.5, 0.6) is 5.75 Å². The minimum absolute atomic E-state index is 0.00915. The number of ether oxygens (including phenoxy) is 1. The van der Waals surface area contributed by atoms with Gasteiger partial charge in [0.1, 0.15) is 12.9 Å². The molecule has 1 aromatic carbocycles. The first-order valence-electron chi connectivity index (χ1n) is 5.64. The second-order valence-electron chi connectivity index (χ2n) is 3.81. The van der Waals surface area contributed by atoms with Gasteiger partial charge in [0, 0.05) is 10.9 Å². The lowest BCUT2D eigenvalue weighted by atomic mass is 10.2. The molecular formula is C13H11F2NO2S. The average Bonchev–Trinajstić information content (AvgIpc) is 2.85. The number of nitrogens with zero attached hydrogens (tertiary/aromatic N) is 1. The summed E-state index contributed by atoms with van der Waals surface area (Å²) in [6.07, 6.45) is 1.19. The van der Waals surface area contributed by atoms with Crippen molar-refractivity contribution in [2.45, 2.75) is 20.0 Å². The third kappa shape index (κ3) is 3.14. The normalized spacial score (nSPS) is 10.5. The van der Waals surface area contributed by atoms with Crippen LogP contribution in [0.15, 0.2) is 17.5 Å². The molecule has 2 aromatic rings.